The fourth-order valence-corrected chi connectivity index (χ4v) is 3.91. The molecule has 9 heteroatoms. The maximum absolute atomic E-state index is 12.8. The molecular weight excluding hydrogens is 456 g/mol. The molecule has 1 aliphatic heterocycles. The van der Waals surface area contributed by atoms with Crippen molar-refractivity contribution < 1.29 is 19.4 Å². The minimum Gasteiger partial charge on any atom is -0.506 e. The van der Waals surface area contributed by atoms with Gasteiger partial charge in [0.1, 0.15) is 11.3 Å². The molecule has 0 spiro atoms. The van der Waals surface area contributed by atoms with Gasteiger partial charge < -0.3 is 20.5 Å². The van der Waals surface area contributed by atoms with Crippen molar-refractivity contribution in [3.8, 4) is 5.75 Å². The van der Waals surface area contributed by atoms with Gasteiger partial charge in [0.25, 0.3) is 5.91 Å². The van der Waals surface area contributed by atoms with Gasteiger partial charge in [-0.25, -0.2) is 0 Å². The number of hydrogen-bond acceptors (Lipinski definition) is 6. The lowest BCUT2D eigenvalue weighted by Crippen LogP contribution is -2.35. The highest BCUT2D eigenvalue weighted by Crippen LogP contribution is 2.33. The van der Waals surface area contributed by atoms with E-state index in [0.29, 0.717) is 41.4 Å². The molecule has 1 aliphatic rings. The molecule has 2 amide bonds. The van der Waals surface area contributed by atoms with Crippen LogP contribution in [0.2, 0.25) is 5.02 Å². The van der Waals surface area contributed by atoms with Crippen LogP contribution in [0.5, 0.6) is 5.75 Å². The number of carbonyl (C=O) groups is 2. The Balaban J connectivity index is 1.65. The van der Waals surface area contributed by atoms with E-state index in [-0.39, 0.29) is 17.9 Å². The molecule has 3 N–H and O–H groups in total. The van der Waals surface area contributed by atoms with Crippen molar-refractivity contribution in [1.29, 1.82) is 0 Å². The number of morpholine rings is 1. The number of aromatic nitrogens is 1. The highest BCUT2D eigenvalue weighted by Gasteiger charge is 2.19. The summed E-state index contributed by atoms with van der Waals surface area (Å²) in [6.07, 6.45) is 2.47. The molecule has 0 aliphatic carbocycles. The molecule has 1 saturated heterocycles. The second kappa shape index (κ2) is 10.6. The normalized spacial score (nSPS) is 14.0. The van der Waals surface area contributed by atoms with Crippen molar-refractivity contribution in [3.05, 3.63) is 77.0 Å². The molecule has 1 fully saturated rings. The molecule has 34 heavy (non-hydrogen) atoms. The van der Waals surface area contributed by atoms with Gasteiger partial charge >= 0.3 is 0 Å². The van der Waals surface area contributed by atoms with E-state index >= 15 is 0 Å². The Kier molecular flexibility index (Phi) is 7.42. The van der Waals surface area contributed by atoms with E-state index in [4.69, 9.17) is 16.3 Å². The van der Waals surface area contributed by atoms with Crippen LogP contribution in [0.4, 0.5) is 5.69 Å². The predicted molar refractivity (Wildman–Crippen MR) is 131 cm³/mol. The van der Waals surface area contributed by atoms with E-state index < -0.39 is 11.8 Å². The maximum atomic E-state index is 12.8. The first-order valence-electron chi connectivity index (χ1n) is 10.9. The lowest BCUT2D eigenvalue weighted by atomic mass is 10.0. The molecule has 1 aromatic heterocycles. The second-order valence-electron chi connectivity index (χ2n) is 7.95. The smallest absolute Gasteiger partial charge is 0.256 e. The van der Waals surface area contributed by atoms with Crippen LogP contribution in [0.3, 0.4) is 0 Å². The van der Waals surface area contributed by atoms with Gasteiger partial charge in [-0.1, -0.05) is 30.3 Å². The first-order chi connectivity index (χ1) is 16.4. The van der Waals surface area contributed by atoms with Gasteiger partial charge in [-0.2, -0.15) is 0 Å². The van der Waals surface area contributed by atoms with Gasteiger partial charge in [-0.05, 0) is 41.5 Å². The quantitative estimate of drug-likeness (QED) is 0.447. The van der Waals surface area contributed by atoms with Crippen LogP contribution in [0.25, 0.3) is 10.9 Å². The minimum atomic E-state index is -0.461. The molecule has 0 atom stereocenters. The Bertz CT molecular complexity index is 1220. The van der Waals surface area contributed by atoms with Crippen LogP contribution in [0, 0.1) is 0 Å². The number of rotatable bonds is 7. The molecule has 2 heterocycles. The SMILES string of the molecule is C=CC(=O)Nc1cc(CN2CCOCC2)cc2c(O)c(C(=O)NCc3ccc(Cl)cc3)cnc12. The summed E-state index contributed by atoms with van der Waals surface area (Å²) in [7, 11) is 0. The molecule has 0 saturated carbocycles. The number of fused-ring (bicyclic) bond motifs is 1. The van der Waals surface area contributed by atoms with E-state index in [0.717, 1.165) is 24.2 Å². The second-order valence-corrected chi connectivity index (χ2v) is 8.39. The third kappa shape index (κ3) is 5.53. The zero-order valence-corrected chi connectivity index (χ0v) is 19.3. The van der Waals surface area contributed by atoms with Gasteiger partial charge in [0.15, 0.2) is 0 Å². The average molecular weight is 481 g/mol. The monoisotopic (exact) mass is 480 g/mol. The summed E-state index contributed by atoms with van der Waals surface area (Å²) in [5.41, 5.74) is 2.60. The third-order valence-corrected chi connectivity index (χ3v) is 5.82. The summed E-state index contributed by atoms with van der Waals surface area (Å²) in [6, 6.07) is 10.7. The van der Waals surface area contributed by atoms with Crippen LogP contribution in [-0.4, -0.2) is 53.1 Å². The van der Waals surface area contributed by atoms with E-state index in [1.165, 1.54) is 12.3 Å². The molecule has 2 aromatic carbocycles. The van der Waals surface area contributed by atoms with E-state index in [9.17, 15) is 14.7 Å². The summed E-state index contributed by atoms with van der Waals surface area (Å²) in [4.78, 5) is 31.4. The molecule has 0 unspecified atom stereocenters. The predicted octanol–water partition coefficient (Wildman–Crippen LogP) is 3.48. The lowest BCUT2D eigenvalue weighted by Gasteiger charge is -2.27. The number of anilines is 1. The number of halogens is 1. The Morgan fingerprint density at radius 2 is 1.91 bits per heavy atom. The van der Waals surface area contributed by atoms with E-state index in [2.05, 4.69) is 27.1 Å². The Morgan fingerprint density at radius 1 is 1.18 bits per heavy atom. The number of hydrogen-bond donors (Lipinski definition) is 3. The zero-order chi connectivity index (χ0) is 24.1. The van der Waals surface area contributed by atoms with Gasteiger partial charge in [-0.15, -0.1) is 0 Å². The van der Waals surface area contributed by atoms with E-state index in [1.54, 1.807) is 18.2 Å². The molecule has 176 valence electrons. The largest absolute Gasteiger partial charge is 0.506 e. The van der Waals surface area contributed by atoms with Crippen LogP contribution in [0.1, 0.15) is 21.5 Å². The molecule has 8 nitrogen and oxygen atoms in total. The van der Waals surface area contributed by atoms with Crippen LogP contribution < -0.4 is 10.6 Å². The molecule has 0 radical (unpaired) electrons. The Morgan fingerprint density at radius 3 is 2.62 bits per heavy atom. The van der Waals surface area contributed by atoms with Crippen molar-refractivity contribution in [2.45, 2.75) is 13.1 Å². The molecule has 0 bridgehead atoms. The highest BCUT2D eigenvalue weighted by atomic mass is 35.5. The van der Waals surface area contributed by atoms with Crippen molar-refractivity contribution >= 4 is 40.0 Å². The van der Waals surface area contributed by atoms with Crippen LogP contribution in [-0.2, 0) is 22.6 Å². The number of nitrogens with zero attached hydrogens (tertiary/aromatic N) is 2. The number of carbonyl (C=O) groups excluding carboxylic acids is 2. The van der Waals surface area contributed by atoms with Crippen molar-refractivity contribution in [2.24, 2.45) is 0 Å². The first kappa shape index (κ1) is 23.7. The summed E-state index contributed by atoms with van der Waals surface area (Å²) in [6.45, 7) is 7.23. The van der Waals surface area contributed by atoms with Crippen molar-refractivity contribution in [2.75, 3.05) is 31.6 Å². The zero-order valence-electron chi connectivity index (χ0n) is 18.5. The third-order valence-electron chi connectivity index (χ3n) is 5.57. The number of pyridine rings is 1. The summed E-state index contributed by atoms with van der Waals surface area (Å²) in [5, 5.41) is 17.5. The van der Waals surface area contributed by atoms with Crippen LogP contribution in [0.15, 0.2) is 55.3 Å². The van der Waals surface area contributed by atoms with Gasteiger partial charge in [0, 0.05) is 42.8 Å². The summed E-state index contributed by atoms with van der Waals surface area (Å²) in [5.74, 6) is -1.05. The fraction of sp³-hybridized carbons (Fsp3) is 0.240. The lowest BCUT2D eigenvalue weighted by molar-refractivity contribution is -0.111. The van der Waals surface area contributed by atoms with Gasteiger partial charge in [-0.3, -0.25) is 19.5 Å². The standard InChI is InChI=1S/C25H25ClN4O4/c1-2-22(31)29-21-12-17(15-30-7-9-34-10-8-30)11-19-23(21)27-14-20(24(19)32)25(33)28-13-16-3-5-18(26)6-4-16/h2-6,11-12,14H,1,7-10,13,15H2,(H,27,32)(H,28,33)(H,29,31). The van der Waals surface area contributed by atoms with Crippen molar-refractivity contribution in [1.82, 2.24) is 15.2 Å². The molecular formula is C25H25ClN4O4. The summed E-state index contributed by atoms with van der Waals surface area (Å²) < 4.78 is 5.41. The molecule has 4 rings (SSSR count). The number of aromatic hydroxyl groups is 1. The van der Waals surface area contributed by atoms with Gasteiger partial charge in [0.05, 0.1) is 24.4 Å². The highest BCUT2D eigenvalue weighted by molar-refractivity contribution is 6.30. The minimum absolute atomic E-state index is 0.0472. The number of nitrogens with one attached hydrogen (secondary N) is 2. The van der Waals surface area contributed by atoms with Gasteiger partial charge in [0.2, 0.25) is 5.91 Å². The number of amides is 2. The Labute approximate surface area is 202 Å². The fourth-order valence-electron chi connectivity index (χ4n) is 3.78. The molecule has 3 aromatic rings. The average Bonchev–Trinajstić information content (AvgIpc) is 2.84. The number of benzene rings is 2. The number of ether oxygens (including phenoxy) is 1. The van der Waals surface area contributed by atoms with Crippen molar-refractivity contribution in [3.63, 3.8) is 0 Å². The Hall–Kier alpha value is -3.46. The van der Waals surface area contributed by atoms with E-state index in [1.807, 2.05) is 18.2 Å². The first-order valence-corrected chi connectivity index (χ1v) is 11.2. The summed E-state index contributed by atoms with van der Waals surface area (Å²) >= 11 is 5.90. The topological polar surface area (TPSA) is 104 Å². The maximum Gasteiger partial charge on any atom is 0.256 e. The van der Waals surface area contributed by atoms with Crippen LogP contribution >= 0.6 is 11.6 Å².